The zero-order valence-electron chi connectivity index (χ0n) is 11.5. The Hall–Kier alpha value is -2.06. The molecule has 0 fully saturated rings. The van der Waals surface area contributed by atoms with Crippen LogP contribution >= 0.6 is 12.2 Å². The Morgan fingerprint density at radius 1 is 1.33 bits per heavy atom. The molecule has 1 atom stereocenters. The molecule has 2 rings (SSSR count). The third kappa shape index (κ3) is 4.76. The lowest BCUT2D eigenvalue weighted by Crippen LogP contribution is -2.44. The number of benzene rings is 1. The van der Waals surface area contributed by atoms with Gasteiger partial charge in [-0.15, -0.1) is 0 Å². The number of rotatable bonds is 3. The average molecular weight is 311 g/mol. The number of hydrazine groups is 1. The molecule has 1 aliphatic heterocycles. The van der Waals surface area contributed by atoms with Gasteiger partial charge in [0.2, 0.25) is 5.91 Å². The quantitative estimate of drug-likeness (QED) is 0.478. The van der Waals surface area contributed by atoms with E-state index in [9.17, 15) is 4.79 Å². The summed E-state index contributed by atoms with van der Waals surface area (Å²) in [5, 5.41) is 12.2. The summed E-state index contributed by atoms with van der Waals surface area (Å²) in [6, 6.07) is 5.34. The molecule has 8 heteroatoms. The number of amides is 1. The van der Waals surface area contributed by atoms with E-state index in [1.54, 1.807) is 18.2 Å². The smallest absolute Gasteiger partial charge is 0.240 e. The second kappa shape index (κ2) is 7.09. The van der Waals surface area contributed by atoms with Crippen molar-refractivity contribution < 1.29 is 19.4 Å². The number of ether oxygens (including phenoxy) is 2. The van der Waals surface area contributed by atoms with Crippen LogP contribution in [0.1, 0.15) is 13.3 Å². The normalized spacial score (nSPS) is 14.0. The van der Waals surface area contributed by atoms with Crippen molar-refractivity contribution in [2.24, 2.45) is 0 Å². The van der Waals surface area contributed by atoms with Crippen LogP contribution in [0, 0.1) is 0 Å². The lowest BCUT2D eigenvalue weighted by Gasteiger charge is -2.19. The molecule has 1 amide bonds. The van der Waals surface area contributed by atoms with Crippen LogP contribution in [0.4, 0.5) is 5.69 Å². The Morgan fingerprint density at radius 3 is 2.76 bits per heavy atom. The second-order valence-corrected chi connectivity index (χ2v) is 4.95. The van der Waals surface area contributed by atoms with E-state index in [-0.39, 0.29) is 17.4 Å². The lowest BCUT2D eigenvalue weighted by molar-refractivity contribution is -0.123. The molecule has 114 valence electrons. The fraction of sp³-hybridized carbons (Fsp3) is 0.385. The van der Waals surface area contributed by atoms with Crippen LogP contribution in [0.3, 0.4) is 0 Å². The number of carbonyl (C=O) groups is 1. The Labute approximate surface area is 127 Å². The van der Waals surface area contributed by atoms with Crippen LogP contribution in [0.25, 0.3) is 0 Å². The summed E-state index contributed by atoms with van der Waals surface area (Å²) in [5.74, 6) is 0.986. The van der Waals surface area contributed by atoms with Gasteiger partial charge in [-0.2, -0.15) is 0 Å². The number of anilines is 1. The molecule has 0 radical (unpaired) electrons. The summed E-state index contributed by atoms with van der Waals surface area (Å²) in [5.41, 5.74) is 5.65. The number of aliphatic hydroxyl groups excluding tert-OH is 1. The van der Waals surface area contributed by atoms with Crippen LogP contribution in [0.2, 0.25) is 0 Å². The Balaban J connectivity index is 1.84. The topological polar surface area (TPSA) is 91.9 Å². The van der Waals surface area contributed by atoms with E-state index in [0.29, 0.717) is 30.4 Å². The third-order valence-corrected chi connectivity index (χ3v) is 2.80. The summed E-state index contributed by atoms with van der Waals surface area (Å²) >= 11 is 5.05. The highest BCUT2D eigenvalue weighted by atomic mass is 32.1. The molecule has 7 nitrogen and oxygen atoms in total. The van der Waals surface area contributed by atoms with E-state index in [1.165, 1.54) is 6.92 Å². The van der Waals surface area contributed by atoms with Gasteiger partial charge in [0.25, 0.3) is 0 Å². The number of carbonyl (C=O) groups excluding carboxylic acids is 1. The number of aliphatic hydroxyl groups is 1. The van der Waals surface area contributed by atoms with Crippen molar-refractivity contribution in [3.63, 3.8) is 0 Å². The van der Waals surface area contributed by atoms with Crippen molar-refractivity contribution in [3.8, 4) is 11.5 Å². The van der Waals surface area contributed by atoms with Gasteiger partial charge in [0.05, 0.1) is 12.5 Å². The third-order valence-electron chi connectivity index (χ3n) is 2.60. The molecule has 1 aromatic rings. The standard InChI is InChI=1S/C13H17N3O4S/c1-8(17)6-12(18)15-16-13(21)14-9-2-3-10-11(7-9)20-5-4-19-10/h2-3,7-8,17H,4-6H2,1H3,(H,15,18)(H2,14,16,21). The maximum Gasteiger partial charge on any atom is 0.240 e. The van der Waals surface area contributed by atoms with Crippen molar-refractivity contribution in [3.05, 3.63) is 18.2 Å². The van der Waals surface area contributed by atoms with Crippen molar-refractivity contribution in [2.45, 2.75) is 19.4 Å². The first-order valence-electron chi connectivity index (χ1n) is 6.48. The number of hydrogen-bond acceptors (Lipinski definition) is 5. The van der Waals surface area contributed by atoms with Crippen LogP contribution < -0.4 is 25.6 Å². The van der Waals surface area contributed by atoms with Gasteiger partial charge in [0, 0.05) is 11.8 Å². The minimum atomic E-state index is -0.703. The molecule has 21 heavy (non-hydrogen) atoms. The number of nitrogens with one attached hydrogen (secondary N) is 3. The minimum absolute atomic E-state index is 0.000360. The predicted molar refractivity (Wildman–Crippen MR) is 81.2 cm³/mol. The first-order chi connectivity index (χ1) is 10.0. The van der Waals surface area contributed by atoms with Crippen LogP contribution in [0.15, 0.2) is 18.2 Å². The first kappa shape index (κ1) is 15.3. The van der Waals surface area contributed by atoms with Gasteiger partial charge in [-0.05, 0) is 31.3 Å². The van der Waals surface area contributed by atoms with Crippen LogP contribution in [-0.4, -0.2) is 35.4 Å². The maximum atomic E-state index is 11.3. The highest BCUT2D eigenvalue weighted by Crippen LogP contribution is 2.32. The largest absolute Gasteiger partial charge is 0.486 e. The van der Waals surface area contributed by atoms with E-state index < -0.39 is 6.10 Å². The molecule has 1 heterocycles. The molecule has 4 N–H and O–H groups in total. The molecule has 1 unspecified atom stereocenters. The van der Waals surface area contributed by atoms with Gasteiger partial charge in [-0.3, -0.25) is 15.6 Å². The first-order valence-corrected chi connectivity index (χ1v) is 6.89. The molecule has 0 saturated heterocycles. The fourth-order valence-electron chi connectivity index (χ4n) is 1.73. The monoisotopic (exact) mass is 311 g/mol. The van der Waals surface area contributed by atoms with Gasteiger partial charge in [0.1, 0.15) is 13.2 Å². The number of fused-ring (bicyclic) bond motifs is 1. The molecule has 1 aromatic carbocycles. The lowest BCUT2D eigenvalue weighted by atomic mass is 10.2. The van der Waals surface area contributed by atoms with Crippen molar-refractivity contribution in [1.82, 2.24) is 10.9 Å². The highest BCUT2D eigenvalue weighted by Gasteiger charge is 2.12. The van der Waals surface area contributed by atoms with Crippen LogP contribution in [0.5, 0.6) is 11.5 Å². The predicted octanol–water partition coefficient (Wildman–Crippen LogP) is 0.546. The Kier molecular flexibility index (Phi) is 5.18. The van der Waals surface area contributed by atoms with Gasteiger partial charge >= 0.3 is 0 Å². The van der Waals surface area contributed by atoms with E-state index in [0.717, 1.165) is 0 Å². The molecule has 0 aliphatic carbocycles. The summed E-state index contributed by atoms with van der Waals surface area (Å²) in [6.45, 7) is 2.58. The molecule has 0 bridgehead atoms. The SMILES string of the molecule is CC(O)CC(=O)NNC(=S)Nc1ccc2c(c1)OCCO2. The summed E-state index contributed by atoms with van der Waals surface area (Å²) < 4.78 is 10.9. The number of thiocarbonyl (C=S) groups is 1. The van der Waals surface area contributed by atoms with Crippen molar-refractivity contribution in [1.29, 1.82) is 0 Å². The molecule has 0 spiro atoms. The minimum Gasteiger partial charge on any atom is -0.486 e. The molecular weight excluding hydrogens is 294 g/mol. The van der Waals surface area contributed by atoms with E-state index in [2.05, 4.69) is 16.2 Å². The molecular formula is C13H17N3O4S. The van der Waals surface area contributed by atoms with Gasteiger partial charge < -0.3 is 19.9 Å². The van der Waals surface area contributed by atoms with E-state index in [4.69, 9.17) is 26.8 Å². The van der Waals surface area contributed by atoms with E-state index >= 15 is 0 Å². The average Bonchev–Trinajstić information content (AvgIpc) is 2.44. The van der Waals surface area contributed by atoms with Crippen molar-refractivity contribution in [2.75, 3.05) is 18.5 Å². The van der Waals surface area contributed by atoms with Gasteiger partial charge in [-0.25, -0.2) is 0 Å². The molecule has 0 saturated carbocycles. The number of hydrogen-bond donors (Lipinski definition) is 4. The van der Waals surface area contributed by atoms with Crippen molar-refractivity contribution >= 4 is 28.9 Å². The maximum absolute atomic E-state index is 11.3. The fourth-order valence-corrected chi connectivity index (χ4v) is 1.90. The molecule has 0 aromatic heterocycles. The van der Waals surface area contributed by atoms with Crippen LogP contribution in [-0.2, 0) is 4.79 Å². The van der Waals surface area contributed by atoms with E-state index in [1.807, 2.05) is 0 Å². The summed E-state index contributed by atoms with van der Waals surface area (Å²) in [4.78, 5) is 11.3. The zero-order chi connectivity index (χ0) is 15.2. The molecule has 1 aliphatic rings. The Bertz CT molecular complexity index is 536. The van der Waals surface area contributed by atoms with Gasteiger partial charge in [-0.1, -0.05) is 0 Å². The summed E-state index contributed by atoms with van der Waals surface area (Å²) in [6.07, 6.45) is -0.703. The highest BCUT2D eigenvalue weighted by molar-refractivity contribution is 7.80. The van der Waals surface area contributed by atoms with Gasteiger partial charge in [0.15, 0.2) is 16.6 Å². The Morgan fingerprint density at radius 2 is 2.05 bits per heavy atom. The summed E-state index contributed by atoms with van der Waals surface area (Å²) in [7, 11) is 0. The second-order valence-electron chi connectivity index (χ2n) is 4.54. The zero-order valence-corrected chi connectivity index (χ0v) is 12.3.